The number of carbonyl (C=O) groups excluding carboxylic acids is 1. The van der Waals surface area contributed by atoms with Crippen LogP contribution in [0.1, 0.15) is 53.5 Å². The fourth-order valence-corrected chi connectivity index (χ4v) is 5.56. The van der Waals surface area contributed by atoms with Gasteiger partial charge < -0.3 is 19.9 Å². The molecule has 1 aromatic heterocycles. The Hall–Kier alpha value is -2.80. The van der Waals surface area contributed by atoms with Crippen LogP contribution in [0.4, 0.5) is 10.5 Å². The molecular weight excluding hydrogens is 470 g/mol. The smallest absolute Gasteiger partial charge is 0.407 e. The molecule has 2 N–H and O–H groups in total. The molecule has 2 aliphatic rings. The molecule has 3 aromatic rings. The van der Waals surface area contributed by atoms with Gasteiger partial charge in [-0.15, -0.1) is 0 Å². The van der Waals surface area contributed by atoms with Crippen molar-refractivity contribution in [2.45, 2.75) is 32.6 Å². The Bertz CT molecular complexity index is 1270. The summed E-state index contributed by atoms with van der Waals surface area (Å²) in [5, 5.41) is 10.2. The normalized spacial score (nSPS) is 17.4. The molecule has 0 radical (unpaired) electrons. The standard InChI is InChI=1S/C25H26BrN3O3/c1-4-14-11-17-18(13-20(14)28-7-9-29(10-8-28)24(31)32)25(2,3)23-21(22(17)30)16-6-5-15(26)12-19(16)27-23/h5-6,11-13,27H,4,7-10H2,1-3H3,(H,31,32). The van der Waals surface area contributed by atoms with Crippen LogP contribution in [-0.4, -0.2) is 53.0 Å². The molecule has 1 aliphatic heterocycles. The van der Waals surface area contributed by atoms with Gasteiger partial charge in [-0.05, 0) is 41.8 Å². The van der Waals surface area contributed by atoms with E-state index in [0.717, 1.165) is 55.4 Å². The zero-order chi connectivity index (χ0) is 22.8. The minimum Gasteiger partial charge on any atom is -0.465 e. The van der Waals surface area contributed by atoms with E-state index in [4.69, 9.17) is 0 Å². The molecule has 0 atom stereocenters. The Morgan fingerprint density at radius 3 is 2.53 bits per heavy atom. The molecule has 7 heteroatoms. The fourth-order valence-electron chi connectivity index (χ4n) is 5.20. The summed E-state index contributed by atoms with van der Waals surface area (Å²) in [4.78, 5) is 32.3. The van der Waals surface area contributed by atoms with E-state index in [1.807, 2.05) is 18.2 Å². The Morgan fingerprint density at radius 2 is 1.88 bits per heavy atom. The molecule has 5 rings (SSSR count). The number of amides is 1. The van der Waals surface area contributed by atoms with E-state index in [2.05, 4.69) is 58.7 Å². The number of hydrogen-bond donors (Lipinski definition) is 2. The van der Waals surface area contributed by atoms with Gasteiger partial charge >= 0.3 is 6.09 Å². The van der Waals surface area contributed by atoms with Gasteiger partial charge in [0.05, 0.1) is 5.56 Å². The first-order chi connectivity index (χ1) is 15.2. The molecule has 32 heavy (non-hydrogen) atoms. The van der Waals surface area contributed by atoms with E-state index < -0.39 is 6.09 Å². The first kappa shape index (κ1) is 21.1. The van der Waals surface area contributed by atoms with Gasteiger partial charge in [0.2, 0.25) is 0 Å². The average molecular weight is 496 g/mol. The van der Waals surface area contributed by atoms with Gasteiger partial charge in [0, 0.05) is 63.9 Å². The van der Waals surface area contributed by atoms with Crippen molar-refractivity contribution in [1.82, 2.24) is 9.88 Å². The second-order valence-corrected chi connectivity index (χ2v) is 10.1. The van der Waals surface area contributed by atoms with Crippen molar-refractivity contribution in [2.75, 3.05) is 31.1 Å². The first-order valence-corrected chi connectivity index (χ1v) is 11.8. The zero-order valence-corrected chi connectivity index (χ0v) is 20.0. The van der Waals surface area contributed by atoms with Crippen LogP contribution in [0.3, 0.4) is 0 Å². The number of rotatable bonds is 2. The van der Waals surface area contributed by atoms with Crippen molar-refractivity contribution in [3.05, 3.63) is 62.8 Å². The fraction of sp³-hybridized carbons (Fsp3) is 0.360. The third-order valence-corrected chi connectivity index (χ3v) is 7.51. The predicted molar refractivity (Wildman–Crippen MR) is 129 cm³/mol. The molecule has 0 spiro atoms. The molecule has 6 nitrogen and oxygen atoms in total. The maximum atomic E-state index is 13.7. The quantitative estimate of drug-likeness (QED) is 0.514. The van der Waals surface area contributed by atoms with Crippen LogP contribution in [0.2, 0.25) is 0 Å². The number of fused-ring (bicyclic) bond motifs is 4. The minimum atomic E-state index is -0.865. The zero-order valence-electron chi connectivity index (χ0n) is 18.5. The van der Waals surface area contributed by atoms with Crippen molar-refractivity contribution in [3.8, 4) is 0 Å². The van der Waals surface area contributed by atoms with E-state index >= 15 is 0 Å². The monoisotopic (exact) mass is 495 g/mol. The summed E-state index contributed by atoms with van der Waals surface area (Å²) in [5.74, 6) is 0.0693. The SMILES string of the molecule is CCc1cc2c(cc1N1CCN(C(=O)O)CC1)C(C)(C)c1[nH]c3cc(Br)ccc3c1C2=O. The van der Waals surface area contributed by atoms with Crippen molar-refractivity contribution >= 4 is 44.4 Å². The highest BCUT2D eigenvalue weighted by atomic mass is 79.9. The second-order valence-electron chi connectivity index (χ2n) is 9.16. The summed E-state index contributed by atoms with van der Waals surface area (Å²) in [5.41, 5.74) is 6.35. The number of carboxylic acid groups (broad SMARTS) is 1. The van der Waals surface area contributed by atoms with Gasteiger partial charge in [0.25, 0.3) is 0 Å². The molecule has 1 saturated heterocycles. The predicted octanol–water partition coefficient (Wildman–Crippen LogP) is 5.16. The Balaban J connectivity index is 1.63. The maximum Gasteiger partial charge on any atom is 0.407 e. The first-order valence-electron chi connectivity index (χ1n) is 11.0. The number of nitrogens with zero attached hydrogens (tertiary/aromatic N) is 2. The lowest BCUT2D eigenvalue weighted by atomic mass is 9.70. The van der Waals surface area contributed by atoms with E-state index in [1.54, 1.807) is 0 Å². The number of aromatic amines is 1. The third-order valence-electron chi connectivity index (χ3n) is 7.02. The molecule has 2 aromatic carbocycles. The number of piperazine rings is 1. The highest BCUT2D eigenvalue weighted by Gasteiger charge is 2.40. The van der Waals surface area contributed by atoms with Gasteiger partial charge in [-0.2, -0.15) is 0 Å². The van der Waals surface area contributed by atoms with Gasteiger partial charge in [-0.3, -0.25) is 4.79 Å². The molecular formula is C25H26BrN3O3. The summed E-state index contributed by atoms with van der Waals surface area (Å²) in [6, 6.07) is 10.2. The van der Waals surface area contributed by atoms with Crippen molar-refractivity contribution in [1.29, 1.82) is 0 Å². The third kappa shape index (κ3) is 3.05. The molecule has 2 heterocycles. The number of benzene rings is 2. The molecule has 1 amide bonds. The van der Waals surface area contributed by atoms with Gasteiger partial charge in [-0.25, -0.2) is 4.79 Å². The molecule has 1 aliphatic carbocycles. The summed E-state index contributed by atoms with van der Waals surface area (Å²) in [6.07, 6.45) is -0.0566. The number of anilines is 1. The largest absolute Gasteiger partial charge is 0.465 e. The minimum absolute atomic E-state index is 0.0693. The van der Waals surface area contributed by atoms with E-state index in [9.17, 15) is 14.7 Å². The highest BCUT2D eigenvalue weighted by molar-refractivity contribution is 9.10. The maximum absolute atomic E-state index is 13.7. The lowest BCUT2D eigenvalue weighted by molar-refractivity contribution is 0.103. The number of carbonyl (C=O) groups is 2. The van der Waals surface area contributed by atoms with E-state index in [1.165, 1.54) is 4.90 Å². The lowest BCUT2D eigenvalue weighted by Crippen LogP contribution is -2.48. The number of aryl methyl sites for hydroxylation is 1. The van der Waals surface area contributed by atoms with Crippen molar-refractivity contribution < 1.29 is 14.7 Å². The van der Waals surface area contributed by atoms with Crippen LogP contribution in [0.15, 0.2) is 34.8 Å². The number of hydrogen-bond acceptors (Lipinski definition) is 3. The van der Waals surface area contributed by atoms with E-state index in [0.29, 0.717) is 26.2 Å². The number of H-pyrrole nitrogens is 1. The van der Waals surface area contributed by atoms with Crippen LogP contribution in [-0.2, 0) is 11.8 Å². The van der Waals surface area contributed by atoms with E-state index in [-0.39, 0.29) is 11.2 Å². The summed E-state index contributed by atoms with van der Waals surface area (Å²) in [6.45, 7) is 8.71. The second kappa shape index (κ2) is 7.37. The van der Waals surface area contributed by atoms with Crippen LogP contribution in [0.5, 0.6) is 0 Å². The van der Waals surface area contributed by atoms with Gasteiger partial charge in [0.1, 0.15) is 0 Å². The number of ketones is 1. The van der Waals surface area contributed by atoms with Crippen LogP contribution in [0, 0.1) is 0 Å². The molecule has 166 valence electrons. The van der Waals surface area contributed by atoms with Crippen LogP contribution < -0.4 is 4.90 Å². The number of nitrogens with one attached hydrogen (secondary N) is 1. The highest BCUT2D eigenvalue weighted by Crippen LogP contribution is 2.46. The summed E-state index contributed by atoms with van der Waals surface area (Å²) < 4.78 is 0.974. The van der Waals surface area contributed by atoms with Gasteiger partial charge in [0.15, 0.2) is 5.78 Å². The molecule has 0 bridgehead atoms. The lowest BCUT2D eigenvalue weighted by Gasteiger charge is -2.38. The van der Waals surface area contributed by atoms with Crippen LogP contribution >= 0.6 is 15.9 Å². The summed E-state index contributed by atoms with van der Waals surface area (Å²) >= 11 is 3.53. The topological polar surface area (TPSA) is 76.6 Å². The molecule has 0 unspecified atom stereocenters. The Labute approximate surface area is 195 Å². The van der Waals surface area contributed by atoms with Gasteiger partial charge in [-0.1, -0.05) is 42.8 Å². The number of aromatic nitrogens is 1. The Kier molecular flexibility index (Phi) is 4.85. The summed E-state index contributed by atoms with van der Waals surface area (Å²) in [7, 11) is 0. The molecule has 1 fully saturated rings. The number of halogens is 1. The Morgan fingerprint density at radius 1 is 1.16 bits per heavy atom. The average Bonchev–Trinajstić information content (AvgIpc) is 3.16. The molecule has 0 saturated carbocycles. The van der Waals surface area contributed by atoms with Crippen molar-refractivity contribution in [3.63, 3.8) is 0 Å². The van der Waals surface area contributed by atoms with Crippen molar-refractivity contribution in [2.24, 2.45) is 0 Å². The van der Waals surface area contributed by atoms with Crippen LogP contribution in [0.25, 0.3) is 10.9 Å².